The van der Waals surface area contributed by atoms with Gasteiger partial charge in [-0.05, 0) is 84.8 Å². The molecule has 1 aliphatic heterocycles. The lowest BCUT2D eigenvalue weighted by molar-refractivity contribution is -0.139. The number of esters is 1. The number of benzene rings is 3. The Morgan fingerprint density at radius 2 is 1.85 bits per heavy atom. The number of fused-ring (bicyclic) bond motifs is 1. The van der Waals surface area contributed by atoms with Crippen molar-refractivity contribution < 1.29 is 18.7 Å². The summed E-state index contributed by atoms with van der Waals surface area (Å²) in [6.45, 7) is 5.94. The standard InChI is InChI=1S/C31H25BrFIN2O4S/c1-4-39-30(38)26-18(3)35-31-36(27(26)20-9-5-17(2)6-10-20)29(37)25(41-31)14-21-13-22(32)15-24(34)28(21)40-16-19-7-11-23(33)12-8-19/h5-15,27H,4,16H2,1-3H3/b25-14-/t27-/m1/s1. The summed E-state index contributed by atoms with van der Waals surface area (Å²) in [5.41, 5.74) is 3.96. The third-order valence-corrected chi connectivity index (χ3v) is 8.77. The van der Waals surface area contributed by atoms with Crippen LogP contribution in [-0.4, -0.2) is 17.1 Å². The van der Waals surface area contributed by atoms with Crippen LogP contribution in [0.4, 0.5) is 4.39 Å². The molecule has 0 amide bonds. The Morgan fingerprint density at radius 1 is 1.15 bits per heavy atom. The average Bonchev–Trinajstić information content (AvgIpc) is 3.23. The first kappa shape index (κ1) is 29.4. The minimum absolute atomic E-state index is 0.211. The molecule has 1 aliphatic rings. The molecular weight excluding hydrogens is 722 g/mol. The van der Waals surface area contributed by atoms with Gasteiger partial charge in [0.2, 0.25) is 0 Å². The number of nitrogens with zero attached hydrogens (tertiary/aromatic N) is 2. The Balaban J connectivity index is 1.64. The smallest absolute Gasteiger partial charge is 0.338 e. The summed E-state index contributed by atoms with van der Waals surface area (Å²) < 4.78 is 28.6. The molecule has 1 atom stereocenters. The number of ether oxygens (including phenoxy) is 2. The van der Waals surface area contributed by atoms with Gasteiger partial charge in [-0.2, -0.15) is 0 Å². The van der Waals surface area contributed by atoms with Crippen molar-refractivity contribution in [2.24, 2.45) is 4.99 Å². The van der Waals surface area contributed by atoms with E-state index >= 15 is 0 Å². The Labute approximate surface area is 262 Å². The molecule has 0 radical (unpaired) electrons. The first-order valence-corrected chi connectivity index (χ1v) is 15.5. The number of rotatable bonds is 7. The zero-order chi connectivity index (χ0) is 29.3. The molecule has 41 heavy (non-hydrogen) atoms. The van der Waals surface area contributed by atoms with Crippen LogP contribution in [0.15, 0.2) is 86.2 Å². The van der Waals surface area contributed by atoms with Crippen LogP contribution < -0.4 is 19.6 Å². The fraction of sp³-hybridized carbons (Fsp3) is 0.194. The molecule has 0 fully saturated rings. The number of aryl methyl sites for hydroxylation is 1. The molecule has 0 N–H and O–H groups in total. The van der Waals surface area contributed by atoms with E-state index in [4.69, 9.17) is 9.47 Å². The molecular formula is C31H25BrFIN2O4S. The fourth-order valence-corrected chi connectivity index (χ4v) is 7.32. The summed E-state index contributed by atoms with van der Waals surface area (Å²) in [6, 6.07) is 17.0. The van der Waals surface area contributed by atoms with Gasteiger partial charge in [-0.15, -0.1) is 0 Å². The van der Waals surface area contributed by atoms with E-state index in [0.717, 1.165) is 24.7 Å². The Kier molecular flexibility index (Phi) is 8.91. The molecule has 210 valence electrons. The second-order valence-electron chi connectivity index (χ2n) is 9.43. The van der Waals surface area contributed by atoms with E-state index in [1.807, 2.05) is 43.3 Å². The van der Waals surface area contributed by atoms with Crippen molar-refractivity contribution in [3.05, 3.63) is 128 Å². The number of halogens is 3. The number of hydrogen-bond donors (Lipinski definition) is 0. The molecule has 0 unspecified atom stereocenters. The van der Waals surface area contributed by atoms with Gasteiger partial charge in [-0.3, -0.25) is 9.36 Å². The largest absolute Gasteiger partial charge is 0.487 e. The molecule has 0 bridgehead atoms. The topological polar surface area (TPSA) is 69.9 Å². The maximum Gasteiger partial charge on any atom is 0.338 e. The number of hydrogen-bond acceptors (Lipinski definition) is 6. The summed E-state index contributed by atoms with van der Waals surface area (Å²) in [5.74, 6) is -0.206. The number of thiazole rings is 1. The number of carbonyl (C=O) groups excluding carboxylic acids is 1. The highest BCUT2D eigenvalue weighted by Gasteiger charge is 2.33. The van der Waals surface area contributed by atoms with Crippen LogP contribution in [0.1, 0.15) is 42.1 Å². The third-order valence-electron chi connectivity index (χ3n) is 6.53. The summed E-state index contributed by atoms with van der Waals surface area (Å²) in [6.07, 6.45) is 1.78. The minimum Gasteiger partial charge on any atom is -0.487 e. The SMILES string of the molecule is CCOC(=O)C1=C(C)N=c2s/c(=C\c3cc(Br)cc(I)c3OCc3ccc(F)cc3)c(=O)n2[C@@H]1c1ccc(C)cc1. The third kappa shape index (κ3) is 6.24. The van der Waals surface area contributed by atoms with E-state index in [1.54, 1.807) is 36.6 Å². The van der Waals surface area contributed by atoms with Gasteiger partial charge in [0, 0.05) is 10.0 Å². The quantitative estimate of drug-likeness (QED) is 0.167. The van der Waals surface area contributed by atoms with E-state index in [9.17, 15) is 14.0 Å². The molecule has 4 aromatic rings. The van der Waals surface area contributed by atoms with Crippen LogP contribution in [0, 0.1) is 16.3 Å². The molecule has 5 rings (SSSR count). The van der Waals surface area contributed by atoms with Gasteiger partial charge in [-0.1, -0.05) is 69.2 Å². The predicted octanol–water partition coefficient (Wildman–Crippen LogP) is 6.19. The van der Waals surface area contributed by atoms with Crippen LogP contribution in [0.5, 0.6) is 5.75 Å². The minimum atomic E-state index is -0.676. The lowest BCUT2D eigenvalue weighted by Gasteiger charge is -2.24. The van der Waals surface area contributed by atoms with Gasteiger partial charge in [0.15, 0.2) is 4.80 Å². The number of allylic oxidation sites excluding steroid dienone is 1. The van der Waals surface area contributed by atoms with Crippen molar-refractivity contribution in [2.75, 3.05) is 6.61 Å². The van der Waals surface area contributed by atoms with Gasteiger partial charge >= 0.3 is 5.97 Å². The van der Waals surface area contributed by atoms with Gasteiger partial charge in [0.25, 0.3) is 5.56 Å². The molecule has 0 saturated carbocycles. The first-order valence-electron chi connectivity index (χ1n) is 12.8. The van der Waals surface area contributed by atoms with Crippen molar-refractivity contribution in [3.8, 4) is 5.75 Å². The van der Waals surface area contributed by atoms with E-state index in [1.165, 1.54) is 23.5 Å². The molecule has 0 spiro atoms. The van der Waals surface area contributed by atoms with Crippen LogP contribution in [0.3, 0.4) is 0 Å². The van der Waals surface area contributed by atoms with Gasteiger partial charge in [0.1, 0.15) is 18.2 Å². The summed E-state index contributed by atoms with van der Waals surface area (Å²) in [4.78, 5) is 32.3. The van der Waals surface area contributed by atoms with Crippen molar-refractivity contribution in [1.29, 1.82) is 0 Å². The first-order chi connectivity index (χ1) is 19.7. The molecule has 2 heterocycles. The lowest BCUT2D eigenvalue weighted by atomic mass is 9.95. The van der Waals surface area contributed by atoms with Crippen molar-refractivity contribution in [2.45, 2.75) is 33.4 Å². The van der Waals surface area contributed by atoms with Crippen LogP contribution in [0.2, 0.25) is 0 Å². The highest BCUT2D eigenvalue weighted by Crippen LogP contribution is 2.33. The zero-order valence-corrected chi connectivity index (χ0v) is 27.0. The fourth-order valence-electron chi connectivity index (χ4n) is 4.57. The monoisotopic (exact) mass is 746 g/mol. The Hall–Kier alpha value is -3.09. The van der Waals surface area contributed by atoms with Gasteiger partial charge in [0.05, 0.1) is 32.0 Å². The summed E-state index contributed by atoms with van der Waals surface area (Å²) in [5, 5.41) is 0. The van der Waals surface area contributed by atoms with Crippen LogP contribution in [0.25, 0.3) is 6.08 Å². The van der Waals surface area contributed by atoms with E-state index in [-0.39, 0.29) is 24.6 Å². The highest BCUT2D eigenvalue weighted by atomic mass is 127. The van der Waals surface area contributed by atoms with Crippen LogP contribution in [-0.2, 0) is 16.1 Å². The number of carbonyl (C=O) groups is 1. The molecule has 6 nitrogen and oxygen atoms in total. The van der Waals surface area contributed by atoms with Gasteiger partial charge in [-0.25, -0.2) is 14.2 Å². The Morgan fingerprint density at radius 3 is 2.54 bits per heavy atom. The van der Waals surface area contributed by atoms with Gasteiger partial charge < -0.3 is 9.47 Å². The maximum atomic E-state index is 14.0. The molecule has 3 aromatic carbocycles. The Bertz CT molecular complexity index is 1850. The van der Waals surface area contributed by atoms with Crippen molar-refractivity contribution in [1.82, 2.24) is 4.57 Å². The van der Waals surface area contributed by atoms with Crippen molar-refractivity contribution in [3.63, 3.8) is 0 Å². The molecule has 1 aromatic heterocycles. The highest BCUT2D eigenvalue weighted by molar-refractivity contribution is 14.1. The summed E-state index contributed by atoms with van der Waals surface area (Å²) >= 11 is 7.00. The van der Waals surface area contributed by atoms with E-state index in [0.29, 0.717) is 31.9 Å². The van der Waals surface area contributed by atoms with E-state index < -0.39 is 12.0 Å². The zero-order valence-electron chi connectivity index (χ0n) is 22.4. The molecule has 10 heteroatoms. The molecule has 0 aliphatic carbocycles. The normalized spacial score (nSPS) is 15.0. The summed E-state index contributed by atoms with van der Waals surface area (Å²) in [7, 11) is 0. The second kappa shape index (κ2) is 12.4. The van der Waals surface area contributed by atoms with Crippen LogP contribution >= 0.6 is 49.9 Å². The number of aromatic nitrogens is 1. The maximum absolute atomic E-state index is 14.0. The molecule has 0 saturated heterocycles. The second-order valence-corrected chi connectivity index (χ2v) is 12.5. The predicted molar refractivity (Wildman–Crippen MR) is 169 cm³/mol. The van der Waals surface area contributed by atoms with E-state index in [2.05, 4.69) is 43.5 Å². The lowest BCUT2D eigenvalue weighted by Crippen LogP contribution is -2.39. The van der Waals surface area contributed by atoms with Crippen molar-refractivity contribution >= 4 is 61.9 Å². The average molecular weight is 747 g/mol.